The molecule has 0 unspecified atom stereocenters. The number of nitro groups is 1. The van der Waals surface area contributed by atoms with Crippen molar-refractivity contribution in [3.05, 3.63) is 63.7 Å². The molecule has 2 aromatic carbocycles. The van der Waals surface area contributed by atoms with Gasteiger partial charge in [0.25, 0.3) is 17.5 Å². The normalized spacial score (nSPS) is 15.0. The SMILES string of the molecule is CCCCOc1ccc(/C=C2/C(=O)NC(=O)N(c3cccc([N+](=O)[O-])c3)C2=O)cc1OC. The summed E-state index contributed by atoms with van der Waals surface area (Å²) in [5.74, 6) is -0.827. The van der Waals surface area contributed by atoms with Gasteiger partial charge in [-0.3, -0.25) is 25.0 Å². The van der Waals surface area contributed by atoms with Crippen LogP contribution < -0.4 is 19.7 Å². The molecule has 1 aliphatic heterocycles. The Morgan fingerprint density at radius 1 is 1.12 bits per heavy atom. The minimum Gasteiger partial charge on any atom is -0.493 e. The van der Waals surface area contributed by atoms with Gasteiger partial charge in [0, 0.05) is 12.1 Å². The van der Waals surface area contributed by atoms with Crippen LogP contribution in [-0.2, 0) is 9.59 Å². The number of amides is 4. The van der Waals surface area contributed by atoms with Crippen LogP contribution in [-0.4, -0.2) is 36.5 Å². The minimum atomic E-state index is -0.991. The summed E-state index contributed by atoms with van der Waals surface area (Å²) >= 11 is 0. The molecule has 166 valence electrons. The molecule has 0 aromatic heterocycles. The van der Waals surface area contributed by atoms with Crippen LogP contribution in [0.5, 0.6) is 11.5 Å². The molecule has 10 heteroatoms. The lowest BCUT2D eigenvalue weighted by atomic mass is 10.1. The molecule has 32 heavy (non-hydrogen) atoms. The number of barbiturate groups is 1. The largest absolute Gasteiger partial charge is 0.493 e. The van der Waals surface area contributed by atoms with Crippen LogP contribution >= 0.6 is 0 Å². The van der Waals surface area contributed by atoms with Gasteiger partial charge in [0.1, 0.15) is 5.57 Å². The molecule has 1 saturated heterocycles. The third kappa shape index (κ3) is 4.75. The monoisotopic (exact) mass is 439 g/mol. The average molecular weight is 439 g/mol. The first-order valence-electron chi connectivity index (χ1n) is 9.82. The molecule has 0 bridgehead atoms. The molecule has 0 radical (unpaired) electrons. The third-order valence-electron chi connectivity index (χ3n) is 4.65. The first-order chi connectivity index (χ1) is 15.3. The average Bonchev–Trinajstić information content (AvgIpc) is 2.77. The lowest BCUT2D eigenvalue weighted by molar-refractivity contribution is -0.384. The topological polar surface area (TPSA) is 128 Å². The molecule has 4 amide bonds. The fourth-order valence-electron chi connectivity index (χ4n) is 3.02. The number of anilines is 1. The van der Waals surface area contributed by atoms with Gasteiger partial charge in [-0.25, -0.2) is 9.69 Å². The lowest BCUT2D eigenvalue weighted by Crippen LogP contribution is -2.54. The number of rotatable bonds is 8. The Morgan fingerprint density at radius 2 is 1.91 bits per heavy atom. The maximum atomic E-state index is 13.0. The van der Waals surface area contributed by atoms with E-state index in [0.717, 1.165) is 18.9 Å². The fraction of sp³-hybridized carbons (Fsp3) is 0.227. The van der Waals surface area contributed by atoms with Crippen LogP contribution in [0.3, 0.4) is 0 Å². The van der Waals surface area contributed by atoms with Crippen LogP contribution in [0, 0.1) is 10.1 Å². The van der Waals surface area contributed by atoms with Crippen LogP contribution in [0.25, 0.3) is 6.08 Å². The van der Waals surface area contributed by atoms with Crippen molar-refractivity contribution >= 4 is 35.3 Å². The molecule has 1 fully saturated rings. The zero-order chi connectivity index (χ0) is 23.3. The third-order valence-corrected chi connectivity index (χ3v) is 4.65. The number of nitrogens with zero attached hydrogens (tertiary/aromatic N) is 2. The van der Waals surface area contributed by atoms with Gasteiger partial charge in [-0.1, -0.05) is 25.5 Å². The van der Waals surface area contributed by atoms with E-state index in [0.29, 0.717) is 28.6 Å². The number of nitro benzene ring substituents is 1. The van der Waals surface area contributed by atoms with E-state index in [2.05, 4.69) is 5.32 Å². The highest BCUT2D eigenvalue weighted by molar-refractivity contribution is 6.39. The summed E-state index contributed by atoms with van der Waals surface area (Å²) in [4.78, 5) is 48.7. The molecule has 0 aliphatic carbocycles. The molecule has 0 atom stereocenters. The zero-order valence-electron chi connectivity index (χ0n) is 17.5. The van der Waals surface area contributed by atoms with Crippen LogP contribution in [0.2, 0.25) is 0 Å². The number of benzene rings is 2. The van der Waals surface area contributed by atoms with Crippen molar-refractivity contribution in [2.75, 3.05) is 18.6 Å². The molecule has 3 rings (SSSR count). The maximum Gasteiger partial charge on any atom is 0.335 e. The van der Waals surface area contributed by atoms with Gasteiger partial charge < -0.3 is 9.47 Å². The summed E-state index contributed by atoms with van der Waals surface area (Å²) in [6, 6.07) is 8.93. The van der Waals surface area contributed by atoms with E-state index < -0.39 is 22.8 Å². The summed E-state index contributed by atoms with van der Waals surface area (Å²) in [7, 11) is 1.47. The van der Waals surface area contributed by atoms with E-state index in [1.807, 2.05) is 6.92 Å². The summed E-state index contributed by atoms with van der Waals surface area (Å²) in [6.07, 6.45) is 3.17. The second kappa shape index (κ2) is 9.73. The fourth-order valence-corrected chi connectivity index (χ4v) is 3.02. The Labute approximate surface area is 183 Å². The lowest BCUT2D eigenvalue weighted by Gasteiger charge is -2.26. The number of imide groups is 2. The van der Waals surface area contributed by atoms with Crippen LogP contribution in [0.4, 0.5) is 16.2 Å². The second-order valence-corrected chi connectivity index (χ2v) is 6.85. The predicted molar refractivity (Wildman–Crippen MR) is 115 cm³/mol. The standard InChI is InChI=1S/C22H21N3O7/c1-3-4-10-32-18-9-8-14(12-19(18)31-2)11-17-20(26)23-22(28)24(21(17)27)15-6-5-7-16(13-15)25(29)30/h5-9,11-13H,3-4,10H2,1-2H3,(H,23,26,28)/b17-11-. The van der Waals surface area contributed by atoms with Gasteiger partial charge in [0.15, 0.2) is 11.5 Å². The van der Waals surface area contributed by atoms with Crippen molar-refractivity contribution in [3.63, 3.8) is 0 Å². The first kappa shape index (κ1) is 22.5. The molecule has 1 N–H and O–H groups in total. The Bertz CT molecular complexity index is 1110. The number of unbranched alkanes of at least 4 members (excludes halogenated alkanes) is 1. The van der Waals surface area contributed by atoms with E-state index >= 15 is 0 Å². The summed E-state index contributed by atoms with van der Waals surface area (Å²) in [6.45, 7) is 2.57. The van der Waals surface area contributed by atoms with Gasteiger partial charge in [0.2, 0.25) is 0 Å². The molecule has 0 spiro atoms. The zero-order valence-corrected chi connectivity index (χ0v) is 17.5. The van der Waals surface area contributed by atoms with Crippen molar-refractivity contribution < 1.29 is 28.8 Å². The highest BCUT2D eigenvalue weighted by Crippen LogP contribution is 2.30. The molecule has 2 aromatic rings. The van der Waals surface area contributed by atoms with E-state index in [9.17, 15) is 24.5 Å². The highest BCUT2D eigenvalue weighted by Gasteiger charge is 2.37. The van der Waals surface area contributed by atoms with Crippen LogP contribution in [0.1, 0.15) is 25.3 Å². The number of non-ortho nitro benzene ring substituents is 1. The van der Waals surface area contributed by atoms with Gasteiger partial charge in [0.05, 0.1) is 24.3 Å². The maximum absolute atomic E-state index is 13.0. The van der Waals surface area contributed by atoms with E-state index in [-0.39, 0.29) is 16.9 Å². The number of hydrogen-bond donors (Lipinski definition) is 1. The van der Waals surface area contributed by atoms with Gasteiger partial charge in [-0.2, -0.15) is 0 Å². The van der Waals surface area contributed by atoms with Crippen molar-refractivity contribution in [1.29, 1.82) is 0 Å². The highest BCUT2D eigenvalue weighted by atomic mass is 16.6. The van der Waals surface area contributed by atoms with E-state index in [4.69, 9.17) is 9.47 Å². The Hall–Kier alpha value is -4.21. The Morgan fingerprint density at radius 3 is 2.59 bits per heavy atom. The number of nitrogens with one attached hydrogen (secondary N) is 1. The Kier molecular flexibility index (Phi) is 6.83. The van der Waals surface area contributed by atoms with Gasteiger partial charge >= 0.3 is 6.03 Å². The van der Waals surface area contributed by atoms with Crippen molar-refractivity contribution in [2.24, 2.45) is 0 Å². The Balaban J connectivity index is 1.94. The first-order valence-corrected chi connectivity index (χ1v) is 9.82. The second-order valence-electron chi connectivity index (χ2n) is 6.85. The predicted octanol–water partition coefficient (Wildman–Crippen LogP) is 3.45. The van der Waals surface area contributed by atoms with E-state index in [1.165, 1.54) is 31.4 Å². The molecular formula is C22H21N3O7. The minimum absolute atomic E-state index is 0.0302. The molecule has 0 saturated carbocycles. The molecule has 1 aliphatic rings. The van der Waals surface area contributed by atoms with Crippen molar-refractivity contribution in [1.82, 2.24) is 5.32 Å². The summed E-state index contributed by atoms with van der Waals surface area (Å²) in [5, 5.41) is 13.1. The summed E-state index contributed by atoms with van der Waals surface area (Å²) < 4.78 is 11.0. The number of ether oxygens (including phenoxy) is 2. The molecule has 1 heterocycles. The van der Waals surface area contributed by atoms with Crippen LogP contribution in [0.15, 0.2) is 48.0 Å². The number of urea groups is 1. The van der Waals surface area contributed by atoms with E-state index in [1.54, 1.807) is 18.2 Å². The smallest absolute Gasteiger partial charge is 0.335 e. The number of carbonyl (C=O) groups is 3. The number of carbonyl (C=O) groups excluding carboxylic acids is 3. The van der Waals surface area contributed by atoms with Gasteiger partial charge in [-0.15, -0.1) is 0 Å². The van der Waals surface area contributed by atoms with Crippen molar-refractivity contribution in [3.8, 4) is 11.5 Å². The molecular weight excluding hydrogens is 418 g/mol. The molecule has 10 nitrogen and oxygen atoms in total. The number of hydrogen-bond acceptors (Lipinski definition) is 7. The van der Waals surface area contributed by atoms with Gasteiger partial charge in [-0.05, 0) is 36.3 Å². The quantitative estimate of drug-likeness (QED) is 0.219. The summed E-state index contributed by atoms with van der Waals surface area (Å²) in [5.41, 5.74) is -0.166. The number of methoxy groups -OCH3 is 1. The van der Waals surface area contributed by atoms with Crippen molar-refractivity contribution in [2.45, 2.75) is 19.8 Å².